The van der Waals surface area contributed by atoms with Gasteiger partial charge < -0.3 is 19.5 Å². The molecule has 0 aliphatic rings. The van der Waals surface area contributed by atoms with Crippen LogP contribution in [-0.2, 0) is 17.4 Å². The molecule has 35 heavy (non-hydrogen) atoms. The number of pyridine rings is 1. The summed E-state index contributed by atoms with van der Waals surface area (Å²) in [5, 5.41) is 3.41. The van der Waals surface area contributed by atoms with Gasteiger partial charge in [-0.15, -0.1) is 0 Å². The molecule has 180 valence electrons. The van der Waals surface area contributed by atoms with Gasteiger partial charge in [-0.05, 0) is 48.0 Å². The molecular weight excluding hydrogens is 461 g/mol. The van der Waals surface area contributed by atoms with Gasteiger partial charge in [0.25, 0.3) is 0 Å². The summed E-state index contributed by atoms with van der Waals surface area (Å²) in [7, 11) is 3.09. The standard InChI is InChI=1S/C26H21F3N2O4/c1-33-23-14-20-21(15-24(23)34-2)30-11-10-22(20)35-19-8-6-18(7-9-19)31-25(32)13-16-4-3-5-17(12-16)26(27,28)29/h3-12,14-15H,13H2,1-2H3,(H,31,32). The van der Waals surface area contributed by atoms with E-state index in [0.29, 0.717) is 34.2 Å². The van der Waals surface area contributed by atoms with E-state index in [-0.39, 0.29) is 12.0 Å². The molecule has 1 N–H and O–H groups in total. The van der Waals surface area contributed by atoms with Crippen LogP contribution in [0.25, 0.3) is 10.9 Å². The van der Waals surface area contributed by atoms with Crippen molar-refractivity contribution in [2.75, 3.05) is 19.5 Å². The Morgan fingerprint density at radius 1 is 0.914 bits per heavy atom. The van der Waals surface area contributed by atoms with Crippen LogP contribution in [0.15, 0.2) is 72.9 Å². The minimum atomic E-state index is -4.46. The maximum absolute atomic E-state index is 12.9. The summed E-state index contributed by atoms with van der Waals surface area (Å²) in [5.74, 6) is 1.73. The Labute approximate surface area is 199 Å². The zero-order chi connectivity index (χ0) is 25.0. The molecule has 0 aliphatic heterocycles. The van der Waals surface area contributed by atoms with Crippen LogP contribution in [0, 0.1) is 0 Å². The first kappa shape index (κ1) is 23.9. The highest BCUT2D eigenvalue weighted by Gasteiger charge is 2.30. The summed E-state index contributed by atoms with van der Waals surface area (Å²) in [4.78, 5) is 16.7. The highest BCUT2D eigenvalue weighted by atomic mass is 19.4. The SMILES string of the molecule is COc1cc2nccc(Oc3ccc(NC(=O)Cc4cccc(C(F)(F)F)c4)cc3)c2cc1OC. The molecule has 9 heteroatoms. The predicted molar refractivity (Wildman–Crippen MR) is 125 cm³/mol. The number of rotatable bonds is 7. The first-order chi connectivity index (χ1) is 16.8. The monoisotopic (exact) mass is 482 g/mol. The molecule has 0 saturated carbocycles. The van der Waals surface area contributed by atoms with E-state index in [9.17, 15) is 18.0 Å². The molecule has 0 radical (unpaired) electrons. The van der Waals surface area contributed by atoms with Gasteiger partial charge in [0.2, 0.25) is 5.91 Å². The minimum Gasteiger partial charge on any atom is -0.493 e. The molecule has 0 fully saturated rings. The summed E-state index contributed by atoms with van der Waals surface area (Å²) in [6.45, 7) is 0. The molecule has 1 amide bonds. The van der Waals surface area contributed by atoms with Crippen LogP contribution in [0.4, 0.5) is 18.9 Å². The number of methoxy groups -OCH3 is 2. The Kier molecular flexibility index (Phi) is 6.77. The first-order valence-electron chi connectivity index (χ1n) is 10.5. The molecule has 0 atom stereocenters. The fourth-order valence-electron chi connectivity index (χ4n) is 3.52. The zero-order valence-electron chi connectivity index (χ0n) is 18.8. The number of benzene rings is 3. The van der Waals surface area contributed by atoms with Gasteiger partial charge >= 0.3 is 6.18 Å². The third-order valence-corrected chi connectivity index (χ3v) is 5.19. The lowest BCUT2D eigenvalue weighted by atomic mass is 10.1. The Bertz CT molecular complexity index is 1360. The molecule has 6 nitrogen and oxygen atoms in total. The smallest absolute Gasteiger partial charge is 0.416 e. The third kappa shape index (κ3) is 5.63. The first-order valence-corrected chi connectivity index (χ1v) is 10.5. The third-order valence-electron chi connectivity index (χ3n) is 5.19. The average molecular weight is 482 g/mol. The number of carbonyl (C=O) groups excluding carboxylic acids is 1. The highest BCUT2D eigenvalue weighted by molar-refractivity contribution is 5.92. The summed E-state index contributed by atoms with van der Waals surface area (Å²) < 4.78 is 55.3. The minimum absolute atomic E-state index is 0.184. The van der Waals surface area contributed by atoms with Crippen molar-refractivity contribution in [2.45, 2.75) is 12.6 Å². The van der Waals surface area contributed by atoms with Crippen molar-refractivity contribution in [1.29, 1.82) is 0 Å². The number of nitrogens with one attached hydrogen (secondary N) is 1. The maximum Gasteiger partial charge on any atom is 0.416 e. The normalized spacial score (nSPS) is 11.2. The lowest BCUT2D eigenvalue weighted by molar-refractivity contribution is -0.137. The van der Waals surface area contributed by atoms with Crippen LogP contribution < -0.4 is 19.5 Å². The number of alkyl halides is 3. The molecule has 3 aromatic carbocycles. The van der Waals surface area contributed by atoms with Crippen LogP contribution in [0.2, 0.25) is 0 Å². The molecule has 4 aromatic rings. The van der Waals surface area contributed by atoms with Crippen molar-refractivity contribution in [2.24, 2.45) is 0 Å². The number of ether oxygens (including phenoxy) is 3. The lowest BCUT2D eigenvalue weighted by Gasteiger charge is -2.13. The lowest BCUT2D eigenvalue weighted by Crippen LogP contribution is -2.15. The van der Waals surface area contributed by atoms with E-state index in [1.807, 2.05) is 0 Å². The fraction of sp³-hybridized carbons (Fsp3) is 0.154. The van der Waals surface area contributed by atoms with E-state index in [2.05, 4.69) is 10.3 Å². The van der Waals surface area contributed by atoms with E-state index in [1.165, 1.54) is 12.1 Å². The second-order valence-electron chi connectivity index (χ2n) is 7.58. The Hall–Kier alpha value is -4.27. The van der Waals surface area contributed by atoms with E-state index in [1.54, 1.807) is 62.9 Å². The van der Waals surface area contributed by atoms with Gasteiger partial charge in [0.05, 0.1) is 31.7 Å². The van der Waals surface area contributed by atoms with Crippen molar-refractivity contribution in [3.05, 3.63) is 84.1 Å². The van der Waals surface area contributed by atoms with Crippen LogP contribution in [-0.4, -0.2) is 25.1 Å². The van der Waals surface area contributed by atoms with Crippen molar-refractivity contribution in [1.82, 2.24) is 4.98 Å². The largest absolute Gasteiger partial charge is 0.493 e. The second kappa shape index (κ2) is 9.92. The Balaban J connectivity index is 1.45. The van der Waals surface area contributed by atoms with Crippen molar-refractivity contribution < 1.29 is 32.2 Å². The topological polar surface area (TPSA) is 69.7 Å². The van der Waals surface area contributed by atoms with Gasteiger partial charge in [0, 0.05) is 23.3 Å². The predicted octanol–water partition coefficient (Wildman–Crippen LogP) is 6.24. The van der Waals surface area contributed by atoms with Crippen molar-refractivity contribution >= 4 is 22.5 Å². The summed E-state index contributed by atoms with van der Waals surface area (Å²) >= 11 is 0. The number of anilines is 1. The van der Waals surface area contributed by atoms with E-state index < -0.39 is 17.6 Å². The molecule has 0 unspecified atom stereocenters. The molecular formula is C26H21F3N2O4. The fourth-order valence-corrected chi connectivity index (χ4v) is 3.52. The number of aromatic nitrogens is 1. The van der Waals surface area contributed by atoms with Crippen LogP contribution in [0.3, 0.4) is 0 Å². The summed E-state index contributed by atoms with van der Waals surface area (Å²) in [5.41, 5.74) is 0.636. The summed E-state index contributed by atoms with van der Waals surface area (Å²) in [6.07, 6.45) is -3.03. The molecule has 0 bridgehead atoms. The van der Waals surface area contributed by atoms with Crippen LogP contribution in [0.5, 0.6) is 23.0 Å². The van der Waals surface area contributed by atoms with Gasteiger partial charge in [-0.3, -0.25) is 9.78 Å². The van der Waals surface area contributed by atoms with Crippen LogP contribution in [0.1, 0.15) is 11.1 Å². The van der Waals surface area contributed by atoms with Gasteiger partial charge in [-0.25, -0.2) is 0 Å². The number of halogens is 3. The molecule has 4 rings (SSSR count). The number of amides is 1. The number of hydrogen-bond acceptors (Lipinski definition) is 5. The number of fused-ring (bicyclic) bond motifs is 1. The molecule has 0 aliphatic carbocycles. The maximum atomic E-state index is 12.9. The number of nitrogens with zero attached hydrogens (tertiary/aromatic N) is 1. The number of carbonyl (C=O) groups is 1. The Morgan fingerprint density at radius 3 is 2.31 bits per heavy atom. The molecule has 0 saturated heterocycles. The van der Waals surface area contributed by atoms with Gasteiger partial charge in [0.1, 0.15) is 11.5 Å². The van der Waals surface area contributed by atoms with E-state index in [0.717, 1.165) is 17.5 Å². The van der Waals surface area contributed by atoms with Crippen LogP contribution >= 0.6 is 0 Å². The van der Waals surface area contributed by atoms with Crippen molar-refractivity contribution in [3.8, 4) is 23.0 Å². The van der Waals surface area contributed by atoms with Crippen molar-refractivity contribution in [3.63, 3.8) is 0 Å². The molecule has 0 spiro atoms. The zero-order valence-corrected chi connectivity index (χ0v) is 18.8. The second-order valence-corrected chi connectivity index (χ2v) is 7.58. The quantitative estimate of drug-likeness (QED) is 0.338. The van der Waals surface area contributed by atoms with Gasteiger partial charge in [0.15, 0.2) is 11.5 Å². The van der Waals surface area contributed by atoms with Gasteiger partial charge in [-0.2, -0.15) is 13.2 Å². The highest BCUT2D eigenvalue weighted by Crippen LogP contribution is 2.37. The average Bonchev–Trinajstić information content (AvgIpc) is 2.84. The van der Waals surface area contributed by atoms with E-state index >= 15 is 0 Å². The van der Waals surface area contributed by atoms with Gasteiger partial charge in [-0.1, -0.05) is 18.2 Å². The summed E-state index contributed by atoms with van der Waals surface area (Å²) in [6, 6.07) is 16.6. The Morgan fingerprint density at radius 2 is 1.63 bits per heavy atom. The molecule has 1 aromatic heterocycles. The molecule has 1 heterocycles. The van der Waals surface area contributed by atoms with E-state index in [4.69, 9.17) is 14.2 Å². The number of hydrogen-bond donors (Lipinski definition) is 1.